The number of aromatic nitrogens is 2. The lowest BCUT2D eigenvalue weighted by molar-refractivity contribution is -0.143. The molecule has 0 spiro atoms. The molecule has 1 atom stereocenters. The molecule has 2 amide bonds. The molecule has 2 aliphatic rings. The van der Waals surface area contributed by atoms with E-state index in [2.05, 4.69) is 27.3 Å². The highest BCUT2D eigenvalue weighted by Gasteiger charge is 2.36. The minimum absolute atomic E-state index is 0.127. The average Bonchev–Trinajstić information content (AvgIpc) is 3.55. The predicted octanol–water partition coefficient (Wildman–Crippen LogP) is 3.12. The van der Waals surface area contributed by atoms with Crippen LogP contribution in [0.2, 0.25) is 0 Å². The Balaban J connectivity index is 1.35. The van der Waals surface area contributed by atoms with Crippen LogP contribution in [0.25, 0.3) is 0 Å². The summed E-state index contributed by atoms with van der Waals surface area (Å²) in [4.78, 5) is 45.5. The molecule has 0 saturated carbocycles. The van der Waals surface area contributed by atoms with Gasteiger partial charge in [0.25, 0.3) is 11.8 Å². The van der Waals surface area contributed by atoms with Crippen LogP contribution in [0.3, 0.4) is 0 Å². The van der Waals surface area contributed by atoms with Gasteiger partial charge in [-0.25, -0.2) is 4.79 Å². The number of rotatable bonds is 7. The maximum absolute atomic E-state index is 13.4. The minimum atomic E-state index is -0.800. The van der Waals surface area contributed by atoms with E-state index in [4.69, 9.17) is 9.47 Å². The molecule has 2 aliphatic heterocycles. The number of carbonyl (C=O) groups is 3. The molecule has 0 radical (unpaired) electrons. The number of methoxy groups -OCH3 is 1. The highest BCUT2D eigenvalue weighted by atomic mass is 16.6. The molecule has 1 aromatic heterocycles. The highest BCUT2D eigenvalue weighted by Crippen LogP contribution is 2.32. The Kier molecular flexibility index (Phi) is 8.13. The van der Waals surface area contributed by atoms with E-state index in [1.807, 2.05) is 42.5 Å². The van der Waals surface area contributed by atoms with Crippen molar-refractivity contribution in [1.82, 2.24) is 19.6 Å². The van der Waals surface area contributed by atoms with Crippen LogP contribution in [0.5, 0.6) is 0 Å². The third-order valence-corrected chi connectivity index (χ3v) is 7.32. The van der Waals surface area contributed by atoms with Crippen molar-refractivity contribution in [2.45, 2.75) is 26.1 Å². The molecule has 210 valence electrons. The first-order valence-corrected chi connectivity index (χ1v) is 13.4. The molecule has 3 heterocycles. The van der Waals surface area contributed by atoms with Gasteiger partial charge < -0.3 is 29.5 Å². The molecule has 11 heteroatoms. The lowest BCUT2D eigenvalue weighted by atomic mass is 10.1. The summed E-state index contributed by atoms with van der Waals surface area (Å²) in [6.45, 7) is 6.01. The number of fused-ring (bicyclic) bond motifs is 1. The van der Waals surface area contributed by atoms with Gasteiger partial charge in [0.05, 0.1) is 25.4 Å². The second-order valence-electron chi connectivity index (χ2n) is 9.90. The average molecular weight is 547 g/mol. The molecular weight excluding hydrogens is 512 g/mol. The Morgan fingerprint density at radius 2 is 1.68 bits per heavy atom. The predicted molar refractivity (Wildman–Crippen MR) is 149 cm³/mol. The summed E-state index contributed by atoms with van der Waals surface area (Å²) in [5.74, 6) is -0.387. The largest absolute Gasteiger partial charge is 0.448 e. The number of anilines is 2. The normalized spacial score (nSPS) is 16.0. The van der Waals surface area contributed by atoms with Crippen LogP contribution in [0.15, 0.2) is 54.6 Å². The van der Waals surface area contributed by atoms with Gasteiger partial charge >= 0.3 is 6.09 Å². The molecule has 11 nitrogen and oxygen atoms in total. The molecule has 0 unspecified atom stereocenters. The second-order valence-corrected chi connectivity index (χ2v) is 9.90. The van der Waals surface area contributed by atoms with E-state index in [0.29, 0.717) is 16.8 Å². The maximum Gasteiger partial charge on any atom is 0.435 e. The van der Waals surface area contributed by atoms with Gasteiger partial charge in [-0.05, 0) is 43.8 Å². The van der Waals surface area contributed by atoms with E-state index < -0.39 is 12.2 Å². The summed E-state index contributed by atoms with van der Waals surface area (Å²) in [6, 6.07) is 16.7. The monoisotopic (exact) mass is 546 g/mol. The van der Waals surface area contributed by atoms with Crippen LogP contribution < -0.4 is 10.2 Å². The van der Waals surface area contributed by atoms with Gasteiger partial charge in [-0.1, -0.05) is 30.3 Å². The SMILES string of the molecule is CCOC(=O)n1nc(NC(=O)c2ccc(N3CCN(C)CC3)cc2)c2c1CN(C(=O)[C@H](OC)c1ccccc1)C2. The van der Waals surface area contributed by atoms with Gasteiger partial charge in [-0.2, -0.15) is 4.68 Å². The zero-order chi connectivity index (χ0) is 28.2. The zero-order valence-electron chi connectivity index (χ0n) is 23.0. The van der Waals surface area contributed by atoms with Crippen molar-refractivity contribution in [3.05, 3.63) is 77.0 Å². The summed E-state index contributed by atoms with van der Waals surface area (Å²) in [5.41, 5.74) is 3.35. The molecule has 0 bridgehead atoms. The van der Waals surface area contributed by atoms with Crippen molar-refractivity contribution in [1.29, 1.82) is 0 Å². The molecule has 1 saturated heterocycles. The number of nitrogens with zero attached hydrogens (tertiary/aromatic N) is 5. The molecule has 0 aliphatic carbocycles. The number of amides is 2. The molecule has 40 heavy (non-hydrogen) atoms. The third-order valence-electron chi connectivity index (χ3n) is 7.32. The number of piperazine rings is 1. The molecule has 2 aromatic carbocycles. The van der Waals surface area contributed by atoms with Crippen molar-refractivity contribution in [2.24, 2.45) is 0 Å². The van der Waals surface area contributed by atoms with Crippen LogP contribution in [0.1, 0.15) is 40.2 Å². The van der Waals surface area contributed by atoms with Gasteiger partial charge in [0.2, 0.25) is 0 Å². The van der Waals surface area contributed by atoms with Crippen molar-refractivity contribution < 1.29 is 23.9 Å². The summed E-state index contributed by atoms with van der Waals surface area (Å²) >= 11 is 0. The fourth-order valence-corrected chi connectivity index (χ4v) is 5.07. The van der Waals surface area contributed by atoms with Gasteiger partial charge in [0.15, 0.2) is 11.9 Å². The lowest BCUT2D eigenvalue weighted by Gasteiger charge is -2.34. The van der Waals surface area contributed by atoms with Crippen molar-refractivity contribution in [2.75, 3.05) is 57.2 Å². The minimum Gasteiger partial charge on any atom is -0.448 e. The summed E-state index contributed by atoms with van der Waals surface area (Å²) in [5, 5.41) is 7.21. The van der Waals surface area contributed by atoms with Crippen molar-refractivity contribution in [3.8, 4) is 0 Å². The molecule has 1 fully saturated rings. The quantitative estimate of drug-likeness (QED) is 0.482. The lowest BCUT2D eigenvalue weighted by Crippen LogP contribution is -2.44. The first kappa shape index (κ1) is 27.4. The molecule has 5 rings (SSSR count). The van der Waals surface area contributed by atoms with E-state index in [0.717, 1.165) is 42.1 Å². The Bertz CT molecular complexity index is 1370. The summed E-state index contributed by atoms with van der Waals surface area (Å²) in [6.07, 6.45) is -1.47. The van der Waals surface area contributed by atoms with E-state index in [-0.39, 0.29) is 37.3 Å². The van der Waals surface area contributed by atoms with Gasteiger partial charge in [-0.15, -0.1) is 5.10 Å². The Morgan fingerprint density at radius 3 is 2.33 bits per heavy atom. The number of carbonyl (C=O) groups excluding carboxylic acids is 3. The Hall–Kier alpha value is -4.22. The van der Waals surface area contributed by atoms with Crippen LogP contribution >= 0.6 is 0 Å². The van der Waals surface area contributed by atoms with E-state index in [9.17, 15) is 14.4 Å². The molecule has 3 aromatic rings. The number of ether oxygens (including phenoxy) is 2. The number of likely N-dealkylation sites (N-methyl/N-ethyl adjacent to an activating group) is 1. The Labute approximate surface area is 233 Å². The topological polar surface area (TPSA) is 109 Å². The van der Waals surface area contributed by atoms with Gasteiger partial charge in [0.1, 0.15) is 0 Å². The number of hydrogen-bond acceptors (Lipinski definition) is 8. The second kappa shape index (κ2) is 11.9. The fourth-order valence-electron chi connectivity index (χ4n) is 5.07. The van der Waals surface area contributed by atoms with Crippen LogP contribution in [0.4, 0.5) is 16.3 Å². The van der Waals surface area contributed by atoms with Gasteiger partial charge in [-0.3, -0.25) is 9.59 Å². The third kappa shape index (κ3) is 5.56. The first-order valence-electron chi connectivity index (χ1n) is 13.4. The summed E-state index contributed by atoms with van der Waals surface area (Å²) < 4.78 is 11.8. The zero-order valence-corrected chi connectivity index (χ0v) is 23.0. The van der Waals surface area contributed by atoms with E-state index >= 15 is 0 Å². The van der Waals surface area contributed by atoms with Crippen LogP contribution in [0, 0.1) is 0 Å². The number of benzene rings is 2. The van der Waals surface area contributed by atoms with Crippen molar-refractivity contribution >= 4 is 29.4 Å². The fraction of sp³-hybridized carbons (Fsp3) is 0.379. The van der Waals surface area contributed by atoms with Crippen LogP contribution in [-0.4, -0.2) is 84.4 Å². The highest BCUT2D eigenvalue weighted by molar-refractivity contribution is 6.04. The van der Waals surface area contributed by atoms with E-state index in [1.54, 1.807) is 24.0 Å². The van der Waals surface area contributed by atoms with Gasteiger partial charge in [0, 0.05) is 50.1 Å². The molecular formula is C29H34N6O5. The molecule has 1 N–H and O–H groups in total. The summed E-state index contributed by atoms with van der Waals surface area (Å²) in [7, 11) is 3.60. The van der Waals surface area contributed by atoms with Crippen LogP contribution in [-0.2, 0) is 27.4 Å². The smallest absolute Gasteiger partial charge is 0.435 e. The number of nitrogens with one attached hydrogen (secondary N) is 1. The van der Waals surface area contributed by atoms with E-state index in [1.165, 1.54) is 7.11 Å². The maximum atomic E-state index is 13.4. The van der Waals surface area contributed by atoms with Crippen molar-refractivity contribution in [3.63, 3.8) is 0 Å². The number of hydrogen-bond donors (Lipinski definition) is 1. The standard InChI is InChI=1S/C29H34N6O5/c1-4-40-29(38)35-24-19-34(28(37)25(39-3)20-8-6-5-7-9-20)18-23(24)26(31-35)30-27(36)21-10-12-22(13-11-21)33-16-14-32(2)15-17-33/h5-13,25H,4,14-19H2,1-3H3,(H,30,31,36)/t25-/m1/s1. The first-order chi connectivity index (χ1) is 19.4. The Morgan fingerprint density at radius 1 is 0.975 bits per heavy atom.